The van der Waals surface area contributed by atoms with Crippen molar-refractivity contribution in [1.29, 1.82) is 0 Å². The van der Waals surface area contributed by atoms with Crippen LogP contribution in [0.3, 0.4) is 0 Å². The van der Waals surface area contributed by atoms with Crippen molar-refractivity contribution in [3.8, 4) is 11.4 Å². The van der Waals surface area contributed by atoms with Gasteiger partial charge in [-0.05, 0) is 51.6 Å². The van der Waals surface area contributed by atoms with Crippen LogP contribution in [-0.2, 0) is 0 Å². The zero-order chi connectivity index (χ0) is 17.2. The smallest absolute Gasteiger partial charge is 0.145 e. The Bertz CT molecular complexity index is 850. The highest BCUT2D eigenvalue weighted by Crippen LogP contribution is 2.44. The van der Waals surface area contributed by atoms with Crippen LogP contribution in [0.2, 0.25) is 0 Å². The highest BCUT2D eigenvalue weighted by atomic mass is 16.5. The maximum atomic E-state index is 6.16. The minimum absolute atomic E-state index is 0.608. The minimum Gasteiger partial charge on any atom is -0.491 e. The zero-order valence-electron chi connectivity index (χ0n) is 15.0. The third-order valence-electron chi connectivity index (χ3n) is 4.67. The molecule has 0 atom stereocenters. The van der Waals surface area contributed by atoms with Crippen LogP contribution in [0.4, 0.5) is 0 Å². The minimum atomic E-state index is 0.608. The zero-order valence-corrected chi connectivity index (χ0v) is 15.0. The molecule has 0 bridgehead atoms. The van der Waals surface area contributed by atoms with Gasteiger partial charge < -0.3 is 9.64 Å². The van der Waals surface area contributed by atoms with Gasteiger partial charge in [0.2, 0.25) is 0 Å². The molecule has 1 saturated carbocycles. The van der Waals surface area contributed by atoms with Crippen LogP contribution < -0.4 is 4.74 Å². The van der Waals surface area contributed by atoms with E-state index in [9.17, 15) is 0 Å². The number of nitrogens with zero attached hydrogens (tertiary/aromatic N) is 3. The van der Waals surface area contributed by atoms with Gasteiger partial charge in [0.15, 0.2) is 0 Å². The number of hydrogen-bond donors (Lipinski definition) is 0. The normalized spacial score (nSPS) is 14.4. The Balaban J connectivity index is 1.73. The van der Waals surface area contributed by atoms with Gasteiger partial charge in [-0.3, -0.25) is 0 Å². The molecule has 0 radical (unpaired) electrons. The predicted molar refractivity (Wildman–Crippen MR) is 102 cm³/mol. The van der Waals surface area contributed by atoms with E-state index in [0.717, 1.165) is 36.5 Å². The molecule has 4 heteroatoms. The van der Waals surface area contributed by atoms with Crippen LogP contribution in [-0.4, -0.2) is 41.9 Å². The monoisotopic (exact) mass is 335 g/mol. The molecule has 1 heterocycles. The first-order chi connectivity index (χ1) is 12.2. The molecule has 0 spiro atoms. The van der Waals surface area contributed by atoms with E-state index in [0.29, 0.717) is 5.92 Å². The van der Waals surface area contributed by atoms with E-state index in [1.807, 2.05) is 6.07 Å². The molecule has 2 aromatic carbocycles. The number of hydrogen-bond acceptors (Lipinski definition) is 3. The first kappa shape index (κ1) is 16.2. The van der Waals surface area contributed by atoms with Crippen LogP contribution in [0.15, 0.2) is 48.5 Å². The molecule has 1 aliphatic rings. The molecule has 1 fully saturated rings. The van der Waals surface area contributed by atoms with Gasteiger partial charge in [-0.15, -0.1) is 0 Å². The molecule has 0 aliphatic heterocycles. The summed E-state index contributed by atoms with van der Waals surface area (Å²) in [5, 5.41) is 6.20. The van der Waals surface area contributed by atoms with E-state index in [4.69, 9.17) is 9.84 Å². The molecule has 0 amide bonds. The Morgan fingerprint density at radius 1 is 1.08 bits per heavy atom. The lowest BCUT2D eigenvalue weighted by molar-refractivity contribution is 0.283. The fraction of sp³-hybridized carbons (Fsp3) is 0.381. The SMILES string of the molecule is CN(C)CCCOc1cccc2c(C3CC3)nn(-c3ccccc3)c12. The molecule has 3 aromatic rings. The number of aromatic nitrogens is 2. The summed E-state index contributed by atoms with van der Waals surface area (Å²) in [6, 6.07) is 16.7. The van der Waals surface area contributed by atoms with Gasteiger partial charge in [0.25, 0.3) is 0 Å². The molecule has 0 unspecified atom stereocenters. The van der Waals surface area contributed by atoms with Gasteiger partial charge in [-0.25, -0.2) is 4.68 Å². The Labute approximate surface area is 149 Å². The van der Waals surface area contributed by atoms with Crippen molar-refractivity contribution >= 4 is 10.9 Å². The summed E-state index contributed by atoms with van der Waals surface area (Å²) < 4.78 is 8.22. The molecule has 0 saturated heterocycles. The Kier molecular flexibility index (Phi) is 4.45. The van der Waals surface area contributed by atoms with Crippen molar-refractivity contribution in [2.75, 3.05) is 27.2 Å². The van der Waals surface area contributed by atoms with E-state index in [-0.39, 0.29) is 0 Å². The van der Waals surface area contributed by atoms with E-state index in [2.05, 4.69) is 66.1 Å². The Morgan fingerprint density at radius 3 is 2.60 bits per heavy atom. The van der Waals surface area contributed by atoms with Crippen LogP contribution in [0.25, 0.3) is 16.6 Å². The number of rotatable bonds is 7. The molecule has 0 N–H and O–H groups in total. The number of ether oxygens (including phenoxy) is 1. The summed E-state index contributed by atoms with van der Waals surface area (Å²) in [4.78, 5) is 2.18. The number of fused-ring (bicyclic) bond motifs is 1. The molecule has 4 nitrogen and oxygen atoms in total. The summed E-state index contributed by atoms with van der Waals surface area (Å²) in [6.45, 7) is 1.75. The largest absolute Gasteiger partial charge is 0.491 e. The lowest BCUT2D eigenvalue weighted by atomic mass is 10.1. The number of benzene rings is 2. The maximum absolute atomic E-state index is 6.16. The summed E-state index contributed by atoms with van der Waals surface area (Å²) in [6.07, 6.45) is 3.50. The van der Waals surface area contributed by atoms with Crippen molar-refractivity contribution in [2.24, 2.45) is 0 Å². The third-order valence-corrected chi connectivity index (χ3v) is 4.67. The standard InChI is InChI=1S/C21H25N3O/c1-23(2)14-7-15-25-19-11-6-10-18-20(16-12-13-16)22-24(21(18)19)17-8-4-3-5-9-17/h3-6,8-11,16H,7,12-15H2,1-2H3. The molecular formula is C21H25N3O. The average Bonchev–Trinajstić information content (AvgIpc) is 3.39. The highest BCUT2D eigenvalue weighted by molar-refractivity contribution is 5.89. The van der Waals surface area contributed by atoms with E-state index in [1.54, 1.807) is 0 Å². The second-order valence-electron chi connectivity index (χ2n) is 7.06. The van der Waals surface area contributed by atoms with E-state index < -0.39 is 0 Å². The van der Waals surface area contributed by atoms with Gasteiger partial charge in [0.05, 0.1) is 18.0 Å². The summed E-state index contributed by atoms with van der Waals surface area (Å²) in [5.41, 5.74) is 3.40. The molecule has 1 aromatic heterocycles. The topological polar surface area (TPSA) is 30.3 Å². The fourth-order valence-electron chi connectivity index (χ4n) is 3.25. The summed E-state index contributed by atoms with van der Waals surface area (Å²) in [7, 11) is 4.18. The maximum Gasteiger partial charge on any atom is 0.145 e. The lowest BCUT2D eigenvalue weighted by Crippen LogP contribution is -2.15. The van der Waals surface area contributed by atoms with Crippen molar-refractivity contribution < 1.29 is 4.74 Å². The molecule has 130 valence electrons. The van der Waals surface area contributed by atoms with Crippen LogP contribution in [0, 0.1) is 0 Å². The second kappa shape index (κ2) is 6.89. The Morgan fingerprint density at radius 2 is 1.88 bits per heavy atom. The molecule has 4 rings (SSSR count). The summed E-state index contributed by atoms with van der Waals surface area (Å²) >= 11 is 0. The van der Waals surface area contributed by atoms with Gasteiger partial charge in [0, 0.05) is 17.8 Å². The third kappa shape index (κ3) is 3.40. The van der Waals surface area contributed by atoms with Crippen molar-refractivity contribution in [2.45, 2.75) is 25.2 Å². The van der Waals surface area contributed by atoms with Crippen molar-refractivity contribution in [3.05, 3.63) is 54.2 Å². The van der Waals surface area contributed by atoms with Gasteiger partial charge in [-0.1, -0.05) is 30.3 Å². The first-order valence-corrected chi connectivity index (χ1v) is 9.08. The quantitative estimate of drug-likeness (QED) is 0.605. The van der Waals surface area contributed by atoms with Gasteiger partial charge >= 0.3 is 0 Å². The van der Waals surface area contributed by atoms with Crippen LogP contribution in [0.5, 0.6) is 5.75 Å². The van der Waals surface area contributed by atoms with Crippen LogP contribution >= 0.6 is 0 Å². The van der Waals surface area contributed by atoms with Crippen LogP contribution in [0.1, 0.15) is 30.9 Å². The molecule has 1 aliphatic carbocycles. The van der Waals surface area contributed by atoms with E-state index in [1.165, 1.54) is 23.9 Å². The second-order valence-corrected chi connectivity index (χ2v) is 7.06. The first-order valence-electron chi connectivity index (χ1n) is 9.08. The predicted octanol–water partition coefficient (Wildman–Crippen LogP) is 4.23. The van der Waals surface area contributed by atoms with Gasteiger partial charge in [-0.2, -0.15) is 5.10 Å². The van der Waals surface area contributed by atoms with Gasteiger partial charge in [0.1, 0.15) is 11.3 Å². The van der Waals surface area contributed by atoms with Crippen molar-refractivity contribution in [1.82, 2.24) is 14.7 Å². The Hall–Kier alpha value is -2.33. The molecule has 25 heavy (non-hydrogen) atoms. The average molecular weight is 335 g/mol. The highest BCUT2D eigenvalue weighted by Gasteiger charge is 2.30. The summed E-state index contributed by atoms with van der Waals surface area (Å²) in [5.74, 6) is 1.54. The fourth-order valence-corrected chi connectivity index (χ4v) is 3.25. The lowest BCUT2D eigenvalue weighted by Gasteiger charge is -2.12. The van der Waals surface area contributed by atoms with E-state index >= 15 is 0 Å². The molecular weight excluding hydrogens is 310 g/mol. The van der Waals surface area contributed by atoms with Crippen molar-refractivity contribution in [3.63, 3.8) is 0 Å². The number of para-hydroxylation sites is 2.